The Kier molecular flexibility index (Phi) is 6.71. The second-order valence-corrected chi connectivity index (χ2v) is 4.65. The van der Waals surface area contributed by atoms with E-state index in [1.54, 1.807) is 6.20 Å². The number of nitrogens with zero attached hydrogens (tertiary/aromatic N) is 1. The number of carboxylic acid groups (broad SMARTS) is 1. The van der Waals surface area contributed by atoms with Gasteiger partial charge in [0.05, 0.1) is 11.8 Å². The summed E-state index contributed by atoms with van der Waals surface area (Å²) in [4.78, 5) is 14.6. The molecule has 1 heterocycles. The molecule has 0 bridgehead atoms. The van der Waals surface area contributed by atoms with E-state index in [4.69, 9.17) is 9.84 Å². The summed E-state index contributed by atoms with van der Waals surface area (Å²) in [6.45, 7) is 4.72. The summed E-state index contributed by atoms with van der Waals surface area (Å²) in [7, 11) is 0. The SMILES string of the molecule is CC(C)Oc1ncccc1NCCCCCC(=O)O. The number of unbranched alkanes of at least 4 members (excludes halogenated alkanes) is 2. The van der Waals surface area contributed by atoms with Gasteiger partial charge in [-0.3, -0.25) is 4.79 Å². The smallest absolute Gasteiger partial charge is 0.303 e. The molecule has 0 aliphatic rings. The van der Waals surface area contributed by atoms with Crippen molar-refractivity contribution in [3.63, 3.8) is 0 Å². The minimum atomic E-state index is -0.729. The maximum atomic E-state index is 10.4. The monoisotopic (exact) mass is 266 g/mol. The third kappa shape index (κ3) is 6.64. The summed E-state index contributed by atoms with van der Waals surface area (Å²) in [5.41, 5.74) is 0.884. The lowest BCUT2D eigenvalue weighted by molar-refractivity contribution is -0.137. The molecule has 0 fully saturated rings. The van der Waals surface area contributed by atoms with Gasteiger partial charge in [-0.15, -0.1) is 0 Å². The van der Waals surface area contributed by atoms with Gasteiger partial charge in [0.1, 0.15) is 0 Å². The maximum Gasteiger partial charge on any atom is 0.303 e. The largest absolute Gasteiger partial charge is 0.481 e. The van der Waals surface area contributed by atoms with Gasteiger partial charge in [-0.2, -0.15) is 0 Å². The highest BCUT2D eigenvalue weighted by Gasteiger charge is 2.05. The molecule has 2 N–H and O–H groups in total. The van der Waals surface area contributed by atoms with Crippen molar-refractivity contribution in [1.29, 1.82) is 0 Å². The number of carboxylic acids is 1. The molecule has 5 nitrogen and oxygen atoms in total. The Hall–Kier alpha value is -1.78. The number of nitrogens with one attached hydrogen (secondary N) is 1. The minimum Gasteiger partial charge on any atom is -0.481 e. The van der Waals surface area contributed by atoms with Crippen LogP contribution in [0.5, 0.6) is 5.88 Å². The fourth-order valence-electron chi connectivity index (χ4n) is 1.64. The van der Waals surface area contributed by atoms with E-state index in [0.717, 1.165) is 31.5 Å². The van der Waals surface area contributed by atoms with E-state index >= 15 is 0 Å². The lowest BCUT2D eigenvalue weighted by Gasteiger charge is -2.13. The van der Waals surface area contributed by atoms with Crippen LogP contribution in [0.4, 0.5) is 5.69 Å². The number of aromatic nitrogens is 1. The first-order chi connectivity index (χ1) is 9.09. The molecule has 0 aromatic carbocycles. The molecular weight excluding hydrogens is 244 g/mol. The van der Waals surface area contributed by atoms with Crippen LogP contribution in [-0.4, -0.2) is 28.7 Å². The van der Waals surface area contributed by atoms with E-state index < -0.39 is 5.97 Å². The maximum absolute atomic E-state index is 10.4. The first-order valence-corrected chi connectivity index (χ1v) is 6.67. The fourth-order valence-corrected chi connectivity index (χ4v) is 1.64. The van der Waals surface area contributed by atoms with E-state index in [9.17, 15) is 4.79 Å². The lowest BCUT2D eigenvalue weighted by Crippen LogP contribution is -2.10. The van der Waals surface area contributed by atoms with Crippen molar-refractivity contribution < 1.29 is 14.6 Å². The van der Waals surface area contributed by atoms with Gasteiger partial charge in [-0.05, 0) is 38.8 Å². The minimum absolute atomic E-state index is 0.0889. The average molecular weight is 266 g/mol. The molecule has 19 heavy (non-hydrogen) atoms. The summed E-state index contributed by atoms with van der Waals surface area (Å²) >= 11 is 0. The summed E-state index contributed by atoms with van der Waals surface area (Å²) in [6.07, 6.45) is 4.60. The van der Waals surface area contributed by atoms with Gasteiger partial charge in [0, 0.05) is 19.2 Å². The summed E-state index contributed by atoms with van der Waals surface area (Å²) in [5.74, 6) is -0.115. The average Bonchev–Trinajstić information content (AvgIpc) is 2.34. The third-order valence-electron chi connectivity index (χ3n) is 2.50. The molecule has 0 amide bonds. The van der Waals surface area contributed by atoms with E-state index in [0.29, 0.717) is 5.88 Å². The van der Waals surface area contributed by atoms with E-state index in [1.165, 1.54) is 0 Å². The first kappa shape index (κ1) is 15.3. The number of hydrogen-bond donors (Lipinski definition) is 2. The normalized spacial score (nSPS) is 10.5. The topological polar surface area (TPSA) is 71.5 Å². The summed E-state index contributed by atoms with van der Waals surface area (Å²) < 4.78 is 5.60. The van der Waals surface area contributed by atoms with Crippen molar-refractivity contribution in [2.75, 3.05) is 11.9 Å². The van der Waals surface area contributed by atoms with Gasteiger partial charge in [-0.1, -0.05) is 6.42 Å². The molecule has 5 heteroatoms. The highest BCUT2D eigenvalue weighted by atomic mass is 16.5. The van der Waals surface area contributed by atoms with Gasteiger partial charge in [0.25, 0.3) is 0 Å². The molecule has 0 unspecified atom stereocenters. The van der Waals surface area contributed by atoms with E-state index in [2.05, 4.69) is 10.3 Å². The van der Waals surface area contributed by atoms with Crippen LogP contribution < -0.4 is 10.1 Å². The Morgan fingerprint density at radius 3 is 2.89 bits per heavy atom. The van der Waals surface area contributed by atoms with Crippen LogP contribution >= 0.6 is 0 Å². The summed E-state index contributed by atoms with van der Waals surface area (Å²) in [6, 6.07) is 3.79. The second-order valence-electron chi connectivity index (χ2n) is 4.65. The molecule has 0 radical (unpaired) electrons. The zero-order chi connectivity index (χ0) is 14.1. The van der Waals surface area contributed by atoms with Gasteiger partial charge < -0.3 is 15.2 Å². The van der Waals surface area contributed by atoms with Gasteiger partial charge in [0.2, 0.25) is 5.88 Å². The Bertz CT molecular complexity index is 394. The Morgan fingerprint density at radius 2 is 2.21 bits per heavy atom. The van der Waals surface area contributed by atoms with Crippen molar-refractivity contribution in [3.05, 3.63) is 18.3 Å². The molecule has 1 rings (SSSR count). The van der Waals surface area contributed by atoms with Gasteiger partial charge in [0.15, 0.2) is 0 Å². The van der Waals surface area contributed by atoms with Crippen LogP contribution in [0.25, 0.3) is 0 Å². The fraction of sp³-hybridized carbons (Fsp3) is 0.571. The molecule has 0 saturated carbocycles. The van der Waals surface area contributed by atoms with Gasteiger partial charge >= 0.3 is 5.97 Å². The molecule has 106 valence electrons. The van der Waals surface area contributed by atoms with Crippen LogP contribution in [-0.2, 0) is 4.79 Å². The van der Waals surface area contributed by atoms with Crippen LogP contribution in [0.15, 0.2) is 18.3 Å². The van der Waals surface area contributed by atoms with Crippen molar-refractivity contribution in [1.82, 2.24) is 4.98 Å². The van der Waals surface area contributed by atoms with Crippen LogP contribution in [0.1, 0.15) is 39.5 Å². The van der Waals surface area contributed by atoms with Crippen LogP contribution in [0.2, 0.25) is 0 Å². The Balaban J connectivity index is 2.30. The number of rotatable bonds is 9. The zero-order valence-electron chi connectivity index (χ0n) is 11.6. The second kappa shape index (κ2) is 8.34. The summed E-state index contributed by atoms with van der Waals surface area (Å²) in [5, 5.41) is 11.8. The van der Waals surface area contributed by atoms with Crippen molar-refractivity contribution >= 4 is 11.7 Å². The lowest BCUT2D eigenvalue weighted by atomic mass is 10.2. The number of aliphatic carboxylic acids is 1. The molecule has 0 aliphatic carbocycles. The Labute approximate surface area is 114 Å². The number of carbonyl (C=O) groups is 1. The standard InChI is InChI=1S/C14H22N2O3/c1-11(2)19-14-12(7-6-10-16-14)15-9-5-3-4-8-13(17)18/h6-7,10-11,15H,3-5,8-9H2,1-2H3,(H,17,18). The molecule has 1 aromatic rings. The highest BCUT2D eigenvalue weighted by molar-refractivity contribution is 5.66. The molecule has 0 atom stereocenters. The first-order valence-electron chi connectivity index (χ1n) is 6.67. The third-order valence-corrected chi connectivity index (χ3v) is 2.50. The number of ether oxygens (including phenoxy) is 1. The molecule has 0 saturated heterocycles. The van der Waals surface area contributed by atoms with Crippen molar-refractivity contribution in [2.45, 2.75) is 45.6 Å². The molecule has 0 spiro atoms. The zero-order valence-corrected chi connectivity index (χ0v) is 11.6. The van der Waals surface area contributed by atoms with E-state index in [1.807, 2.05) is 26.0 Å². The highest BCUT2D eigenvalue weighted by Crippen LogP contribution is 2.21. The molecule has 0 aliphatic heterocycles. The predicted molar refractivity (Wildman–Crippen MR) is 74.6 cm³/mol. The Morgan fingerprint density at radius 1 is 1.42 bits per heavy atom. The van der Waals surface area contributed by atoms with Crippen LogP contribution in [0.3, 0.4) is 0 Å². The molecular formula is C14H22N2O3. The molecule has 1 aromatic heterocycles. The quantitative estimate of drug-likeness (QED) is 0.672. The van der Waals surface area contributed by atoms with Crippen molar-refractivity contribution in [2.24, 2.45) is 0 Å². The predicted octanol–water partition coefficient (Wildman–Crippen LogP) is 2.93. The number of anilines is 1. The van der Waals surface area contributed by atoms with Crippen LogP contribution in [0, 0.1) is 0 Å². The number of pyridine rings is 1. The van der Waals surface area contributed by atoms with E-state index in [-0.39, 0.29) is 12.5 Å². The van der Waals surface area contributed by atoms with Crippen molar-refractivity contribution in [3.8, 4) is 5.88 Å². The number of hydrogen-bond acceptors (Lipinski definition) is 4. The van der Waals surface area contributed by atoms with Gasteiger partial charge in [-0.25, -0.2) is 4.98 Å².